The molecule has 1 aliphatic heterocycles. The van der Waals surface area contributed by atoms with Crippen molar-refractivity contribution in [2.75, 3.05) is 20.2 Å². The second kappa shape index (κ2) is 1.72. The number of hydrogen-bond donors (Lipinski definition) is 1. The van der Waals surface area contributed by atoms with Gasteiger partial charge >= 0.3 is 5.97 Å². The average molecular weight is 141 g/mol. The molecule has 0 unspecified atom stereocenters. The number of esters is 1. The van der Waals surface area contributed by atoms with Crippen molar-refractivity contribution in [3.63, 3.8) is 0 Å². The Kier molecular flexibility index (Phi) is 1.06. The van der Waals surface area contributed by atoms with Crippen LogP contribution in [-0.4, -0.2) is 26.2 Å². The van der Waals surface area contributed by atoms with E-state index >= 15 is 0 Å². The van der Waals surface area contributed by atoms with E-state index in [1.54, 1.807) is 0 Å². The largest absolute Gasteiger partial charge is 0.469 e. The third kappa shape index (κ3) is 0.560. The highest BCUT2D eigenvalue weighted by Crippen LogP contribution is 2.55. The quantitative estimate of drug-likeness (QED) is 0.512. The first-order chi connectivity index (χ1) is 4.79. The Morgan fingerprint density at radius 3 is 3.00 bits per heavy atom. The van der Waals surface area contributed by atoms with Gasteiger partial charge in [-0.1, -0.05) is 0 Å². The van der Waals surface area contributed by atoms with E-state index in [2.05, 4.69) is 5.32 Å². The van der Waals surface area contributed by atoms with Crippen LogP contribution in [0.15, 0.2) is 0 Å². The number of nitrogens with one attached hydrogen (secondary N) is 1. The summed E-state index contributed by atoms with van der Waals surface area (Å²) in [4.78, 5) is 11.1. The Morgan fingerprint density at radius 1 is 1.80 bits per heavy atom. The van der Waals surface area contributed by atoms with Gasteiger partial charge in [0.2, 0.25) is 0 Å². The summed E-state index contributed by atoms with van der Waals surface area (Å²) in [6.45, 7) is 1.82. The topological polar surface area (TPSA) is 38.3 Å². The molecule has 3 heteroatoms. The summed E-state index contributed by atoms with van der Waals surface area (Å²) in [7, 11) is 1.46. The van der Waals surface area contributed by atoms with Crippen LogP contribution in [0.5, 0.6) is 0 Å². The number of carbonyl (C=O) groups excluding carboxylic acids is 1. The van der Waals surface area contributed by atoms with E-state index in [0.717, 1.165) is 19.5 Å². The average Bonchev–Trinajstić information content (AvgIpc) is 2.54. The van der Waals surface area contributed by atoms with E-state index in [1.165, 1.54) is 7.11 Å². The highest BCUT2D eigenvalue weighted by atomic mass is 16.5. The fraction of sp³-hybridized carbons (Fsp3) is 0.857. The van der Waals surface area contributed by atoms with Crippen LogP contribution in [0.3, 0.4) is 0 Å². The van der Waals surface area contributed by atoms with E-state index < -0.39 is 0 Å². The van der Waals surface area contributed by atoms with Crippen molar-refractivity contribution in [3.05, 3.63) is 0 Å². The lowest BCUT2D eigenvalue weighted by atomic mass is 10.1. The van der Waals surface area contributed by atoms with Gasteiger partial charge in [0.1, 0.15) is 0 Å². The van der Waals surface area contributed by atoms with Gasteiger partial charge < -0.3 is 10.1 Å². The first kappa shape index (κ1) is 6.16. The van der Waals surface area contributed by atoms with Crippen LogP contribution >= 0.6 is 0 Å². The molecule has 1 N–H and O–H groups in total. The lowest BCUT2D eigenvalue weighted by Crippen LogP contribution is -2.24. The van der Waals surface area contributed by atoms with Crippen LogP contribution in [0.1, 0.15) is 6.42 Å². The lowest BCUT2D eigenvalue weighted by molar-refractivity contribution is -0.146. The van der Waals surface area contributed by atoms with E-state index in [9.17, 15) is 4.79 Å². The van der Waals surface area contributed by atoms with Gasteiger partial charge in [-0.25, -0.2) is 0 Å². The molecule has 0 amide bonds. The minimum atomic E-state index is -0.102. The molecular formula is C7H11NO2. The molecule has 2 aliphatic rings. The van der Waals surface area contributed by atoms with Gasteiger partial charge in [-0.3, -0.25) is 4.79 Å². The molecular weight excluding hydrogens is 130 g/mol. The monoisotopic (exact) mass is 141 g/mol. The molecule has 1 heterocycles. The predicted octanol–water partition coefficient (Wildman–Crippen LogP) is -0.231. The number of hydrogen-bond acceptors (Lipinski definition) is 3. The van der Waals surface area contributed by atoms with Crippen LogP contribution in [0, 0.1) is 11.3 Å². The van der Waals surface area contributed by atoms with Crippen LogP contribution < -0.4 is 5.32 Å². The fourth-order valence-electron chi connectivity index (χ4n) is 1.86. The maximum atomic E-state index is 11.1. The number of rotatable bonds is 1. The molecule has 10 heavy (non-hydrogen) atoms. The molecule has 0 aromatic rings. The molecule has 56 valence electrons. The Hall–Kier alpha value is -0.570. The van der Waals surface area contributed by atoms with Crippen molar-refractivity contribution in [1.29, 1.82) is 0 Å². The summed E-state index contributed by atoms with van der Waals surface area (Å²) in [5, 5.41) is 3.18. The van der Waals surface area contributed by atoms with E-state index in [1.807, 2.05) is 0 Å². The molecule has 1 saturated heterocycles. The first-order valence-electron chi connectivity index (χ1n) is 3.59. The fourth-order valence-corrected chi connectivity index (χ4v) is 1.86. The highest BCUT2D eigenvalue weighted by Gasteiger charge is 2.63. The van der Waals surface area contributed by atoms with Crippen LogP contribution in [0.4, 0.5) is 0 Å². The second-order valence-corrected chi connectivity index (χ2v) is 3.18. The number of carbonyl (C=O) groups is 1. The summed E-state index contributed by atoms with van der Waals surface area (Å²) >= 11 is 0. The molecule has 3 nitrogen and oxygen atoms in total. The minimum Gasteiger partial charge on any atom is -0.469 e. The second-order valence-electron chi connectivity index (χ2n) is 3.18. The normalized spacial score (nSPS) is 42.7. The molecule has 0 aromatic heterocycles. The van der Waals surface area contributed by atoms with Gasteiger partial charge in [-0.2, -0.15) is 0 Å². The van der Waals surface area contributed by atoms with Gasteiger partial charge in [-0.05, 0) is 18.9 Å². The van der Waals surface area contributed by atoms with Crippen LogP contribution in [0.25, 0.3) is 0 Å². The summed E-state index contributed by atoms with van der Waals surface area (Å²) in [5.74, 6) is 0.544. The maximum Gasteiger partial charge on any atom is 0.313 e. The minimum absolute atomic E-state index is 0.0255. The van der Waals surface area contributed by atoms with Crippen LogP contribution in [-0.2, 0) is 9.53 Å². The third-order valence-corrected chi connectivity index (χ3v) is 2.66. The predicted molar refractivity (Wildman–Crippen MR) is 35.4 cm³/mol. The Bertz CT molecular complexity index is 180. The Labute approximate surface area is 59.7 Å². The molecule has 1 aliphatic carbocycles. The summed E-state index contributed by atoms with van der Waals surface area (Å²) in [6.07, 6.45) is 1.03. The van der Waals surface area contributed by atoms with E-state index in [0.29, 0.717) is 5.92 Å². The number of ether oxygens (including phenoxy) is 1. The van der Waals surface area contributed by atoms with Gasteiger partial charge in [0.15, 0.2) is 0 Å². The van der Waals surface area contributed by atoms with E-state index in [4.69, 9.17) is 4.74 Å². The van der Waals surface area contributed by atoms with Crippen molar-refractivity contribution in [3.8, 4) is 0 Å². The molecule has 0 spiro atoms. The first-order valence-corrected chi connectivity index (χ1v) is 3.59. The zero-order chi connectivity index (χ0) is 7.19. The maximum absolute atomic E-state index is 11.1. The van der Waals surface area contributed by atoms with Crippen molar-refractivity contribution < 1.29 is 9.53 Å². The van der Waals surface area contributed by atoms with E-state index in [-0.39, 0.29) is 11.4 Å². The summed E-state index contributed by atoms with van der Waals surface area (Å²) in [6, 6.07) is 0. The van der Waals surface area contributed by atoms with Crippen molar-refractivity contribution in [1.82, 2.24) is 5.32 Å². The molecule has 2 atom stereocenters. The molecule has 2 rings (SSSR count). The number of piperidine rings is 1. The van der Waals surface area contributed by atoms with Crippen molar-refractivity contribution in [2.24, 2.45) is 11.3 Å². The smallest absolute Gasteiger partial charge is 0.313 e. The van der Waals surface area contributed by atoms with Gasteiger partial charge in [-0.15, -0.1) is 0 Å². The molecule has 0 aromatic carbocycles. The lowest BCUT2D eigenvalue weighted by Gasteiger charge is -2.06. The molecule has 0 radical (unpaired) electrons. The number of methoxy groups -OCH3 is 1. The number of fused-ring (bicyclic) bond motifs is 1. The molecule has 1 saturated carbocycles. The zero-order valence-electron chi connectivity index (χ0n) is 6.02. The standard InChI is InChI=1S/C7H11NO2/c1-10-6(9)7-2-5(7)3-8-4-7/h5,8H,2-4H2,1H3/t5-,7-/m0/s1. The zero-order valence-corrected chi connectivity index (χ0v) is 6.02. The summed E-state index contributed by atoms with van der Waals surface area (Å²) < 4.78 is 4.70. The molecule has 0 bridgehead atoms. The highest BCUT2D eigenvalue weighted by molar-refractivity contribution is 5.81. The van der Waals surface area contributed by atoms with Crippen LogP contribution in [0.2, 0.25) is 0 Å². The SMILES string of the molecule is COC(=O)[C@@]12CNC[C@@H]1C2. The van der Waals surface area contributed by atoms with Gasteiger partial charge in [0, 0.05) is 6.54 Å². The van der Waals surface area contributed by atoms with Crippen molar-refractivity contribution in [2.45, 2.75) is 6.42 Å². The molecule has 2 fully saturated rings. The van der Waals surface area contributed by atoms with Gasteiger partial charge in [0.25, 0.3) is 0 Å². The Balaban J connectivity index is 2.11. The third-order valence-electron chi connectivity index (χ3n) is 2.66. The Morgan fingerprint density at radius 2 is 2.60 bits per heavy atom. The summed E-state index contributed by atoms with van der Waals surface area (Å²) in [5.41, 5.74) is -0.102. The van der Waals surface area contributed by atoms with Crippen molar-refractivity contribution >= 4 is 5.97 Å². The van der Waals surface area contributed by atoms with Gasteiger partial charge in [0.05, 0.1) is 12.5 Å².